The van der Waals surface area contributed by atoms with Crippen molar-refractivity contribution in [2.24, 2.45) is 0 Å². The van der Waals surface area contributed by atoms with Crippen LogP contribution in [0.15, 0.2) is 328 Å². The molecule has 6 heterocycles. The number of nitrogens with zero attached hydrogens (tertiary/aromatic N) is 6. The number of para-hydroxylation sites is 10. The Balaban J connectivity index is 0.979. The molecule has 0 amide bonds. The van der Waals surface area contributed by atoms with Crippen LogP contribution in [0.5, 0.6) is 0 Å². The quantitative estimate of drug-likeness (QED) is 0.142. The number of rotatable bonds is 8. The molecule has 6 nitrogen and oxygen atoms in total. The van der Waals surface area contributed by atoms with E-state index < -0.39 is 13.4 Å². The van der Waals surface area contributed by atoms with Gasteiger partial charge in [-0.05, 0) is 198 Å². The Morgan fingerprint density at radius 1 is 0.184 bits per heavy atom. The van der Waals surface area contributed by atoms with E-state index in [0.29, 0.717) is 0 Å². The van der Waals surface area contributed by atoms with Gasteiger partial charge in [0.1, 0.15) is 0 Å². The van der Waals surface area contributed by atoms with Crippen molar-refractivity contribution in [2.45, 2.75) is 105 Å². The van der Waals surface area contributed by atoms with Crippen molar-refractivity contribution in [3.63, 3.8) is 0 Å². The predicted molar refractivity (Wildman–Crippen MR) is 490 cm³/mol. The smallest absolute Gasteiger partial charge is 0.252 e. The highest BCUT2D eigenvalue weighted by atomic mass is 15.2. The first kappa shape index (κ1) is 69.2. The first-order valence-electron chi connectivity index (χ1n) is 40.6. The zero-order chi connectivity index (χ0) is 77.6. The third-order valence-corrected chi connectivity index (χ3v) is 25.1. The van der Waals surface area contributed by atoms with Gasteiger partial charge in [-0.25, -0.2) is 0 Å². The van der Waals surface area contributed by atoms with Gasteiger partial charge in [0.2, 0.25) is 0 Å². The normalized spacial score (nSPS) is 13.4. The highest BCUT2D eigenvalue weighted by Gasteiger charge is 2.46. The van der Waals surface area contributed by atoms with Gasteiger partial charge >= 0.3 is 0 Å². The van der Waals surface area contributed by atoms with Crippen molar-refractivity contribution in [1.29, 1.82) is 0 Å². The lowest BCUT2D eigenvalue weighted by Crippen LogP contribution is -2.62. The first-order chi connectivity index (χ1) is 55.2. The maximum Gasteiger partial charge on any atom is 0.252 e. The molecule has 2 aliphatic rings. The second-order valence-corrected chi connectivity index (χ2v) is 36.1. The summed E-state index contributed by atoms with van der Waals surface area (Å²) in [6.45, 7) is 27.7. The number of anilines is 6. The van der Waals surface area contributed by atoms with Crippen molar-refractivity contribution in [3.8, 4) is 22.7 Å². The largest absolute Gasteiger partial charge is 0.312 e. The fourth-order valence-corrected chi connectivity index (χ4v) is 19.5. The lowest BCUT2D eigenvalue weighted by Gasteiger charge is -2.43. The lowest BCUT2D eigenvalue weighted by molar-refractivity contribution is 0.568. The fraction of sp³-hybridized carbons (Fsp3) is 0.151. The summed E-state index contributed by atoms with van der Waals surface area (Å²) >= 11 is 0. The Kier molecular flexibility index (Phi) is 15.4. The molecule has 21 rings (SSSR count). The summed E-state index contributed by atoms with van der Waals surface area (Å²) in [4.78, 5) is 5.39. The molecule has 0 aliphatic carbocycles. The predicted octanol–water partition coefficient (Wildman–Crippen LogP) is 23.9. The summed E-state index contributed by atoms with van der Waals surface area (Å²) in [5, 5.41) is 9.73. The first-order valence-corrected chi connectivity index (χ1v) is 40.6. The zero-order valence-electron chi connectivity index (χ0n) is 67.0. The van der Waals surface area contributed by atoms with Gasteiger partial charge in [-0.1, -0.05) is 289 Å². The van der Waals surface area contributed by atoms with E-state index >= 15 is 0 Å². The summed E-state index contributed by atoms with van der Waals surface area (Å²) in [6, 6.07) is 126. The van der Waals surface area contributed by atoms with Crippen LogP contribution >= 0.6 is 0 Å². The monoisotopic (exact) mass is 1470 g/mol. The topological polar surface area (TPSA) is 26.2 Å². The molecule has 19 aromatic rings. The van der Waals surface area contributed by atoms with Gasteiger partial charge in [0, 0.05) is 100.0 Å². The molecular weight excluding hydrogens is 1380 g/mol. The molecule has 0 bridgehead atoms. The number of hydrogen-bond donors (Lipinski definition) is 0. The average Bonchev–Trinajstić information content (AvgIpc) is 0.837. The van der Waals surface area contributed by atoms with Crippen LogP contribution in [-0.4, -0.2) is 31.7 Å². The van der Waals surface area contributed by atoms with Crippen LogP contribution < -0.4 is 42.6 Å². The van der Waals surface area contributed by atoms with Gasteiger partial charge < -0.3 is 28.1 Å². The third-order valence-electron chi connectivity index (χ3n) is 25.1. The molecule has 0 fully saturated rings. The number of hydrogen-bond acceptors (Lipinski definition) is 2. The summed E-state index contributed by atoms with van der Waals surface area (Å²) < 4.78 is 10.4. The molecule has 0 unspecified atom stereocenters. The van der Waals surface area contributed by atoms with E-state index in [1.54, 1.807) is 0 Å². The van der Waals surface area contributed by atoms with Crippen molar-refractivity contribution in [3.05, 3.63) is 350 Å². The van der Waals surface area contributed by atoms with Crippen molar-refractivity contribution < 1.29 is 0 Å². The number of benzene rings is 15. The Morgan fingerprint density at radius 2 is 0.386 bits per heavy atom. The van der Waals surface area contributed by atoms with E-state index in [1.165, 1.54) is 98.1 Å². The van der Waals surface area contributed by atoms with Crippen molar-refractivity contribution in [1.82, 2.24) is 18.3 Å². The van der Waals surface area contributed by atoms with Crippen molar-refractivity contribution >= 4 is 168 Å². The maximum absolute atomic E-state index is 2.71. The molecule has 15 aromatic carbocycles. The van der Waals surface area contributed by atoms with Gasteiger partial charge in [0.05, 0.1) is 44.1 Å². The van der Waals surface area contributed by atoms with Crippen LogP contribution in [0, 0.1) is 0 Å². The minimum atomic E-state index is -0.404. The van der Waals surface area contributed by atoms with Gasteiger partial charge in [0.25, 0.3) is 13.4 Å². The van der Waals surface area contributed by atoms with Gasteiger partial charge in [-0.3, -0.25) is 0 Å². The Hall–Kier alpha value is -12.8. The minimum Gasteiger partial charge on any atom is -0.312 e. The van der Waals surface area contributed by atoms with Gasteiger partial charge in [-0.2, -0.15) is 0 Å². The average molecular weight is 1470 g/mol. The third kappa shape index (κ3) is 10.6. The van der Waals surface area contributed by atoms with E-state index in [2.05, 4.69) is 439 Å². The summed E-state index contributed by atoms with van der Waals surface area (Å²) in [5.74, 6) is 0. The van der Waals surface area contributed by atoms with E-state index in [0.717, 1.165) is 101 Å². The molecule has 114 heavy (non-hydrogen) atoms. The molecule has 550 valence electrons. The SMILES string of the molecule is CC(C)(C)c1cc(N2c3ccccc3B(c3c(-n4c5ccccc5c5ccccc54)cccc3-n3c4ccccc4c4ccccc43)c3cc4c(cc32)B(c2c(-n3c5ccccc5c5ccccc53)cccc2-n2c3ccccc3c3ccccc32)c2ccccc2N4c2cc(C(C)(C)C)cc(C(C)(C)C)c2)cc(C(C)(C)C)c1. The molecule has 8 heteroatoms. The second-order valence-electron chi connectivity index (χ2n) is 36.1. The van der Waals surface area contributed by atoms with Crippen LogP contribution in [0.3, 0.4) is 0 Å². The van der Waals surface area contributed by atoms with E-state index in [1.807, 2.05) is 0 Å². The highest BCUT2D eigenvalue weighted by Crippen LogP contribution is 2.48. The maximum atomic E-state index is 2.71. The van der Waals surface area contributed by atoms with Gasteiger partial charge in [-0.15, -0.1) is 0 Å². The zero-order valence-corrected chi connectivity index (χ0v) is 67.0. The Labute approximate surface area is 668 Å². The van der Waals surface area contributed by atoms with E-state index in [4.69, 9.17) is 0 Å². The number of aromatic nitrogens is 4. The standard InChI is InChI=1S/C106H90B2N6/c1-103(2,3)67-59-68(104(4,5)6)62-71(61-67)109-93-53-31-21-43-81(93)107(101-95(111-85-45-23-13-35-73(85)74-36-14-24-46-86(74)111)55-33-56-96(101)112-87-47-25-15-37-75(87)76-38-16-26-48-88(76)112)83-66-100-84(65-99(83)109)108(82-44-22-32-54-94(82)110(100)72-63-69(105(7,8)9)60-70(64-72)106(10,11)12)102-97(113-89-49-27-17-39-77(89)78-40-18-28-50-90(78)113)57-34-58-98(102)114-91-51-29-19-41-79(91)80-42-20-30-52-92(80)114/h13-66H,1-12H3. The van der Waals surface area contributed by atoms with E-state index in [-0.39, 0.29) is 21.7 Å². The van der Waals surface area contributed by atoms with Crippen LogP contribution in [0.2, 0.25) is 0 Å². The molecule has 0 saturated carbocycles. The minimum absolute atomic E-state index is 0.201. The summed E-state index contributed by atoms with van der Waals surface area (Å²) in [7, 11) is 0. The Bertz CT molecular complexity index is 6240. The fourth-order valence-electron chi connectivity index (χ4n) is 19.5. The van der Waals surface area contributed by atoms with Crippen molar-refractivity contribution in [2.75, 3.05) is 9.80 Å². The summed E-state index contributed by atoms with van der Waals surface area (Å²) in [5.41, 5.74) is 32.1. The molecular formula is C106H90B2N6. The molecule has 0 spiro atoms. The van der Waals surface area contributed by atoms with Gasteiger partial charge in [0.15, 0.2) is 0 Å². The van der Waals surface area contributed by atoms with Crippen LogP contribution in [-0.2, 0) is 21.7 Å². The number of fused-ring (bicyclic) bond motifs is 16. The van der Waals surface area contributed by atoms with Crippen LogP contribution in [0.4, 0.5) is 34.1 Å². The van der Waals surface area contributed by atoms with Crippen LogP contribution in [0.1, 0.15) is 105 Å². The molecule has 0 radical (unpaired) electrons. The molecule has 0 N–H and O–H groups in total. The second kappa shape index (κ2) is 25.4. The molecule has 0 saturated heterocycles. The van der Waals surface area contributed by atoms with E-state index in [9.17, 15) is 0 Å². The molecule has 4 aromatic heterocycles. The lowest BCUT2D eigenvalue weighted by atomic mass is 9.32. The highest BCUT2D eigenvalue weighted by molar-refractivity contribution is 7.01. The molecule has 0 atom stereocenters. The van der Waals surface area contributed by atoms with Crippen LogP contribution in [0.25, 0.3) is 110 Å². The summed E-state index contributed by atoms with van der Waals surface area (Å²) in [6.07, 6.45) is 0. The Morgan fingerprint density at radius 3 is 0.614 bits per heavy atom. The molecule has 2 aliphatic heterocycles.